The summed E-state index contributed by atoms with van der Waals surface area (Å²) in [6, 6.07) is 5.52. The van der Waals surface area contributed by atoms with Crippen LogP contribution in [0.1, 0.15) is 13.8 Å². The van der Waals surface area contributed by atoms with Crippen LogP contribution in [0.25, 0.3) is 0 Å². The minimum atomic E-state index is 0.282. The molecule has 0 unspecified atom stereocenters. The van der Waals surface area contributed by atoms with E-state index in [4.69, 9.17) is 27.9 Å². The lowest BCUT2D eigenvalue weighted by atomic mass is 10.4. The van der Waals surface area contributed by atoms with Gasteiger partial charge in [-0.3, -0.25) is 0 Å². The average molecular weight is 345 g/mol. The van der Waals surface area contributed by atoms with E-state index in [0.29, 0.717) is 34.3 Å². The summed E-state index contributed by atoms with van der Waals surface area (Å²) in [6.07, 6.45) is 0. The van der Waals surface area contributed by atoms with Gasteiger partial charge in [-0.05, 0) is 43.8 Å². The lowest BCUT2D eigenvalue weighted by molar-refractivity contribution is 0.308. The smallest absolute Gasteiger partial charge is 0.322 e. The second-order valence-electron chi connectivity index (χ2n) is 3.86. The minimum absolute atomic E-state index is 0.282. The third-order valence-corrected chi connectivity index (χ3v) is 3.90. The van der Waals surface area contributed by atoms with Crippen molar-refractivity contribution in [1.29, 1.82) is 0 Å². The van der Waals surface area contributed by atoms with Gasteiger partial charge in [0, 0.05) is 16.5 Å². The molecule has 0 atom stereocenters. The van der Waals surface area contributed by atoms with E-state index in [1.807, 2.05) is 13.8 Å². The number of nitrogens with one attached hydrogen (secondary N) is 1. The van der Waals surface area contributed by atoms with Gasteiger partial charge in [-0.25, -0.2) is 0 Å². The number of rotatable bonds is 6. The molecule has 5 nitrogen and oxygen atoms in total. The Hall–Kier alpha value is -1.24. The predicted molar refractivity (Wildman–Crippen MR) is 85.7 cm³/mol. The maximum Gasteiger partial charge on any atom is 0.322 e. The first-order valence-corrected chi connectivity index (χ1v) is 7.95. The third kappa shape index (κ3) is 4.62. The number of ether oxygens (including phenoxy) is 1. The summed E-state index contributed by atoms with van der Waals surface area (Å²) in [5, 5.41) is 4.73. The number of anilines is 1. The quantitative estimate of drug-likeness (QED) is 0.848. The average Bonchev–Trinajstić information content (AvgIpc) is 2.43. The first-order chi connectivity index (χ1) is 10.1. The van der Waals surface area contributed by atoms with Crippen LogP contribution in [-0.2, 0) is 0 Å². The summed E-state index contributed by atoms with van der Waals surface area (Å²) in [6.45, 7) is 5.03. The van der Waals surface area contributed by atoms with E-state index in [0.717, 1.165) is 4.90 Å². The van der Waals surface area contributed by atoms with Gasteiger partial charge in [0.15, 0.2) is 0 Å². The second-order valence-corrected chi connectivity index (χ2v) is 5.72. The zero-order chi connectivity index (χ0) is 15.2. The molecule has 1 heterocycles. The molecule has 21 heavy (non-hydrogen) atoms. The number of nitrogens with zero attached hydrogens (tertiary/aromatic N) is 3. The van der Waals surface area contributed by atoms with Crippen molar-refractivity contribution in [2.24, 2.45) is 0 Å². The van der Waals surface area contributed by atoms with Gasteiger partial charge in [-0.2, -0.15) is 15.0 Å². The zero-order valence-electron chi connectivity index (χ0n) is 11.6. The van der Waals surface area contributed by atoms with Crippen LogP contribution in [0.15, 0.2) is 28.3 Å². The molecule has 0 spiro atoms. The SMILES string of the molecule is CCNc1nc(OCC)nc(Sc2cc(Cl)ccc2Cl)n1. The topological polar surface area (TPSA) is 59.9 Å². The zero-order valence-corrected chi connectivity index (χ0v) is 13.9. The monoisotopic (exact) mass is 344 g/mol. The lowest BCUT2D eigenvalue weighted by Crippen LogP contribution is -2.07. The third-order valence-electron chi connectivity index (χ3n) is 2.30. The van der Waals surface area contributed by atoms with Gasteiger partial charge >= 0.3 is 6.01 Å². The molecule has 0 bridgehead atoms. The molecule has 1 aromatic carbocycles. The van der Waals surface area contributed by atoms with E-state index in [-0.39, 0.29) is 6.01 Å². The predicted octanol–water partition coefficient (Wildman–Crippen LogP) is 4.16. The van der Waals surface area contributed by atoms with Crippen LogP contribution in [-0.4, -0.2) is 28.1 Å². The Kier molecular flexibility index (Phi) is 5.90. The Labute approximate surface area is 137 Å². The van der Waals surface area contributed by atoms with Gasteiger partial charge in [-0.15, -0.1) is 0 Å². The summed E-state index contributed by atoms with van der Waals surface area (Å²) in [7, 11) is 0. The molecular formula is C13H14Cl2N4OS. The highest BCUT2D eigenvalue weighted by molar-refractivity contribution is 7.99. The van der Waals surface area contributed by atoms with E-state index in [2.05, 4.69) is 20.3 Å². The summed E-state index contributed by atoms with van der Waals surface area (Å²) in [4.78, 5) is 13.5. The summed E-state index contributed by atoms with van der Waals surface area (Å²) in [5.74, 6) is 0.469. The van der Waals surface area contributed by atoms with Crippen molar-refractivity contribution in [2.75, 3.05) is 18.5 Å². The highest BCUT2D eigenvalue weighted by Crippen LogP contribution is 2.34. The number of aromatic nitrogens is 3. The molecule has 0 aliphatic heterocycles. The van der Waals surface area contributed by atoms with E-state index >= 15 is 0 Å². The standard InChI is InChI=1S/C13H14Cl2N4OS/c1-3-16-11-17-12(20-4-2)19-13(18-11)21-10-7-8(14)5-6-9(10)15/h5-7H,3-4H2,1-2H3,(H,16,17,18,19). The maximum absolute atomic E-state index is 6.15. The van der Waals surface area contributed by atoms with Crippen LogP contribution < -0.4 is 10.1 Å². The van der Waals surface area contributed by atoms with Crippen molar-refractivity contribution in [1.82, 2.24) is 15.0 Å². The van der Waals surface area contributed by atoms with Gasteiger partial charge < -0.3 is 10.1 Å². The molecule has 0 aliphatic rings. The molecule has 0 saturated heterocycles. The Morgan fingerprint density at radius 3 is 2.71 bits per heavy atom. The van der Waals surface area contributed by atoms with Crippen LogP contribution in [0.3, 0.4) is 0 Å². The van der Waals surface area contributed by atoms with E-state index in [1.165, 1.54) is 11.8 Å². The first-order valence-electron chi connectivity index (χ1n) is 6.38. The van der Waals surface area contributed by atoms with Crippen molar-refractivity contribution >= 4 is 40.9 Å². The van der Waals surface area contributed by atoms with Crippen molar-refractivity contribution in [3.63, 3.8) is 0 Å². The fraction of sp³-hybridized carbons (Fsp3) is 0.308. The summed E-state index contributed by atoms with van der Waals surface area (Å²) >= 11 is 13.4. The Morgan fingerprint density at radius 2 is 2.00 bits per heavy atom. The molecule has 8 heteroatoms. The molecule has 0 aliphatic carbocycles. The number of benzene rings is 1. The summed E-state index contributed by atoms with van der Waals surface area (Å²) in [5.41, 5.74) is 0. The van der Waals surface area contributed by atoms with E-state index < -0.39 is 0 Å². The molecule has 112 valence electrons. The lowest BCUT2D eigenvalue weighted by Gasteiger charge is -2.08. The van der Waals surface area contributed by atoms with Gasteiger partial charge in [0.25, 0.3) is 0 Å². The van der Waals surface area contributed by atoms with Crippen molar-refractivity contribution in [3.8, 4) is 6.01 Å². The Balaban J connectivity index is 2.31. The van der Waals surface area contributed by atoms with E-state index in [1.54, 1.807) is 18.2 Å². The van der Waals surface area contributed by atoms with Crippen LogP contribution in [0.4, 0.5) is 5.95 Å². The highest BCUT2D eigenvalue weighted by atomic mass is 35.5. The fourth-order valence-electron chi connectivity index (χ4n) is 1.47. The normalized spacial score (nSPS) is 10.5. The molecule has 0 radical (unpaired) electrons. The number of hydrogen-bond donors (Lipinski definition) is 1. The largest absolute Gasteiger partial charge is 0.464 e. The van der Waals surface area contributed by atoms with Crippen LogP contribution >= 0.6 is 35.0 Å². The van der Waals surface area contributed by atoms with Crippen LogP contribution in [0.5, 0.6) is 6.01 Å². The highest BCUT2D eigenvalue weighted by Gasteiger charge is 2.11. The second kappa shape index (κ2) is 7.68. The molecule has 2 aromatic rings. The van der Waals surface area contributed by atoms with Gasteiger partial charge in [-0.1, -0.05) is 23.2 Å². The number of halogens is 2. The summed E-state index contributed by atoms with van der Waals surface area (Å²) < 4.78 is 5.35. The van der Waals surface area contributed by atoms with Crippen molar-refractivity contribution in [3.05, 3.63) is 28.2 Å². The van der Waals surface area contributed by atoms with Gasteiger partial charge in [0.05, 0.1) is 11.6 Å². The maximum atomic E-state index is 6.15. The molecule has 2 rings (SSSR count). The molecule has 0 fully saturated rings. The molecular weight excluding hydrogens is 331 g/mol. The van der Waals surface area contributed by atoms with Crippen LogP contribution in [0.2, 0.25) is 10.0 Å². The Morgan fingerprint density at radius 1 is 1.19 bits per heavy atom. The fourth-order valence-corrected chi connectivity index (χ4v) is 2.74. The molecule has 0 saturated carbocycles. The minimum Gasteiger partial charge on any atom is -0.464 e. The van der Waals surface area contributed by atoms with Gasteiger partial charge in [0.2, 0.25) is 11.1 Å². The first kappa shape index (κ1) is 16.1. The van der Waals surface area contributed by atoms with E-state index in [9.17, 15) is 0 Å². The Bertz CT molecular complexity index is 603. The number of hydrogen-bond acceptors (Lipinski definition) is 6. The molecule has 1 N–H and O–H groups in total. The molecule has 1 aromatic heterocycles. The van der Waals surface area contributed by atoms with Crippen molar-refractivity contribution in [2.45, 2.75) is 23.9 Å². The van der Waals surface area contributed by atoms with Crippen LogP contribution in [0, 0.1) is 0 Å². The van der Waals surface area contributed by atoms with Gasteiger partial charge in [0.1, 0.15) is 0 Å². The molecule has 0 amide bonds. The van der Waals surface area contributed by atoms with Crippen molar-refractivity contribution < 1.29 is 4.74 Å².